The van der Waals surface area contributed by atoms with E-state index in [1.807, 2.05) is 11.8 Å². The molecule has 20 heavy (non-hydrogen) atoms. The van der Waals surface area contributed by atoms with Crippen molar-refractivity contribution in [1.29, 1.82) is 0 Å². The van der Waals surface area contributed by atoms with Gasteiger partial charge in [-0.25, -0.2) is 0 Å². The first kappa shape index (κ1) is 18.3. The van der Waals surface area contributed by atoms with Gasteiger partial charge in [0.25, 0.3) is 0 Å². The highest BCUT2D eigenvalue weighted by Crippen LogP contribution is 2.20. The van der Waals surface area contributed by atoms with Crippen LogP contribution in [0.15, 0.2) is 0 Å². The number of likely N-dealkylation sites (tertiary alicyclic amines) is 1. The summed E-state index contributed by atoms with van der Waals surface area (Å²) in [4.78, 5) is 2.66. The van der Waals surface area contributed by atoms with Crippen LogP contribution >= 0.6 is 11.8 Å². The van der Waals surface area contributed by atoms with Gasteiger partial charge in [0.05, 0.1) is 0 Å². The van der Waals surface area contributed by atoms with E-state index in [0.29, 0.717) is 6.04 Å². The molecule has 1 N–H and O–H groups in total. The molecule has 2 unspecified atom stereocenters. The van der Waals surface area contributed by atoms with Crippen LogP contribution in [0.25, 0.3) is 0 Å². The number of nitrogens with one attached hydrogen (secondary N) is 1. The fourth-order valence-corrected chi connectivity index (χ4v) is 3.73. The maximum absolute atomic E-state index is 3.77. The number of piperidine rings is 1. The van der Waals surface area contributed by atoms with E-state index in [-0.39, 0.29) is 0 Å². The number of hydrogen-bond donors (Lipinski definition) is 1. The molecule has 3 heteroatoms. The van der Waals surface area contributed by atoms with Gasteiger partial charge >= 0.3 is 0 Å². The van der Waals surface area contributed by atoms with E-state index in [2.05, 4.69) is 30.3 Å². The number of nitrogens with zero attached hydrogens (tertiary/aromatic N) is 1. The molecule has 0 radical (unpaired) electrons. The highest BCUT2D eigenvalue weighted by molar-refractivity contribution is 7.98. The molecule has 1 saturated heterocycles. The Morgan fingerprint density at radius 2 is 2.05 bits per heavy atom. The summed E-state index contributed by atoms with van der Waals surface area (Å²) in [7, 11) is 0. The van der Waals surface area contributed by atoms with E-state index >= 15 is 0 Å². The van der Waals surface area contributed by atoms with Crippen LogP contribution in [0.5, 0.6) is 0 Å². The predicted octanol–water partition coefficient (Wildman–Crippen LogP) is 4.01. The van der Waals surface area contributed by atoms with Gasteiger partial charge in [0.15, 0.2) is 0 Å². The lowest BCUT2D eigenvalue weighted by Crippen LogP contribution is -2.44. The van der Waals surface area contributed by atoms with E-state index < -0.39 is 0 Å². The molecule has 1 aliphatic heterocycles. The summed E-state index contributed by atoms with van der Waals surface area (Å²) >= 11 is 1.97. The molecule has 1 heterocycles. The van der Waals surface area contributed by atoms with E-state index in [9.17, 15) is 0 Å². The number of thioether (sulfide) groups is 1. The van der Waals surface area contributed by atoms with Crippen LogP contribution in [-0.4, -0.2) is 49.1 Å². The molecule has 1 fully saturated rings. The summed E-state index contributed by atoms with van der Waals surface area (Å²) in [5.74, 6) is 2.20. The largest absolute Gasteiger partial charge is 0.314 e. The minimum atomic E-state index is 0.695. The molecule has 2 atom stereocenters. The first-order valence-electron chi connectivity index (χ1n) is 8.72. The van der Waals surface area contributed by atoms with Crippen molar-refractivity contribution in [2.75, 3.05) is 38.2 Å². The molecule has 0 aromatic carbocycles. The molecule has 1 aliphatic rings. The van der Waals surface area contributed by atoms with Gasteiger partial charge in [0.1, 0.15) is 0 Å². The maximum atomic E-state index is 3.77. The van der Waals surface area contributed by atoms with Crippen molar-refractivity contribution in [2.24, 2.45) is 5.92 Å². The van der Waals surface area contributed by atoms with Gasteiger partial charge in [0.2, 0.25) is 0 Å². The summed E-state index contributed by atoms with van der Waals surface area (Å²) in [6, 6.07) is 0.695. The Morgan fingerprint density at radius 3 is 2.80 bits per heavy atom. The molecule has 0 aliphatic carbocycles. The number of rotatable bonds is 11. The standard InChI is InChI=1S/C17H36N2S/c1-4-12-19-13-9-10-17(15-19)16(2)18-11-7-5-6-8-14-20-3/h16-18H,4-15H2,1-3H3. The lowest BCUT2D eigenvalue weighted by molar-refractivity contribution is 0.151. The molecule has 0 aromatic heterocycles. The third-order valence-electron chi connectivity index (χ3n) is 4.53. The monoisotopic (exact) mass is 300 g/mol. The summed E-state index contributed by atoms with van der Waals surface area (Å²) < 4.78 is 0. The third kappa shape index (κ3) is 7.90. The molecule has 120 valence electrons. The molecular weight excluding hydrogens is 264 g/mol. The van der Waals surface area contributed by atoms with Crippen LogP contribution in [0.1, 0.15) is 58.8 Å². The summed E-state index contributed by atoms with van der Waals surface area (Å²) in [5, 5.41) is 3.77. The van der Waals surface area contributed by atoms with Crippen molar-refractivity contribution in [1.82, 2.24) is 10.2 Å². The first-order valence-corrected chi connectivity index (χ1v) is 10.1. The van der Waals surface area contributed by atoms with Gasteiger partial charge in [-0.05, 0) is 76.6 Å². The van der Waals surface area contributed by atoms with Crippen LogP contribution in [0.3, 0.4) is 0 Å². The summed E-state index contributed by atoms with van der Waals surface area (Å²) in [6.45, 7) is 9.84. The number of unbranched alkanes of at least 4 members (excludes halogenated alkanes) is 3. The van der Waals surface area contributed by atoms with Crippen LogP contribution < -0.4 is 5.32 Å². The van der Waals surface area contributed by atoms with Crippen molar-refractivity contribution in [3.8, 4) is 0 Å². The summed E-state index contributed by atoms with van der Waals surface area (Å²) in [6.07, 6.45) is 11.9. The van der Waals surface area contributed by atoms with Gasteiger partial charge in [-0.3, -0.25) is 0 Å². The molecule has 1 rings (SSSR count). The second-order valence-corrected chi connectivity index (χ2v) is 7.34. The van der Waals surface area contributed by atoms with Gasteiger partial charge in [-0.15, -0.1) is 0 Å². The molecule has 0 aromatic rings. The Morgan fingerprint density at radius 1 is 1.25 bits per heavy atom. The number of hydrogen-bond acceptors (Lipinski definition) is 3. The average Bonchev–Trinajstić information content (AvgIpc) is 2.47. The van der Waals surface area contributed by atoms with Crippen LogP contribution in [0, 0.1) is 5.92 Å². The second kappa shape index (κ2) is 11.9. The quantitative estimate of drug-likeness (QED) is 0.580. The average molecular weight is 301 g/mol. The normalized spacial score (nSPS) is 22.1. The van der Waals surface area contributed by atoms with Gasteiger partial charge in [-0.1, -0.05) is 19.8 Å². The topological polar surface area (TPSA) is 15.3 Å². The zero-order valence-electron chi connectivity index (χ0n) is 14.0. The molecule has 0 amide bonds. The van der Waals surface area contributed by atoms with E-state index in [1.165, 1.54) is 76.9 Å². The molecule has 0 spiro atoms. The van der Waals surface area contributed by atoms with Crippen molar-refractivity contribution in [3.05, 3.63) is 0 Å². The lowest BCUT2D eigenvalue weighted by Gasteiger charge is -2.36. The Hall–Kier alpha value is 0.270. The van der Waals surface area contributed by atoms with Crippen molar-refractivity contribution < 1.29 is 0 Å². The van der Waals surface area contributed by atoms with Crippen molar-refractivity contribution in [3.63, 3.8) is 0 Å². The molecule has 0 saturated carbocycles. The zero-order valence-corrected chi connectivity index (χ0v) is 14.8. The van der Waals surface area contributed by atoms with Gasteiger partial charge in [0, 0.05) is 12.6 Å². The Bertz CT molecular complexity index is 221. The highest BCUT2D eigenvalue weighted by atomic mass is 32.2. The Balaban J connectivity index is 2.05. The summed E-state index contributed by atoms with van der Waals surface area (Å²) in [5.41, 5.74) is 0. The van der Waals surface area contributed by atoms with Crippen molar-refractivity contribution in [2.45, 2.75) is 64.8 Å². The van der Waals surface area contributed by atoms with E-state index in [1.54, 1.807) is 0 Å². The minimum Gasteiger partial charge on any atom is -0.314 e. The third-order valence-corrected chi connectivity index (χ3v) is 5.23. The Kier molecular flexibility index (Phi) is 10.9. The van der Waals surface area contributed by atoms with Gasteiger partial charge in [-0.2, -0.15) is 11.8 Å². The fourth-order valence-electron chi connectivity index (χ4n) is 3.24. The minimum absolute atomic E-state index is 0.695. The molecule has 2 nitrogen and oxygen atoms in total. The predicted molar refractivity (Wildman–Crippen MR) is 93.8 cm³/mol. The van der Waals surface area contributed by atoms with E-state index in [0.717, 1.165) is 5.92 Å². The van der Waals surface area contributed by atoms with E-state index in [4.69, 9.17) is 0 Å². The lowest BCUT2D eigenvalue weighted by atomic mass is 9.91. The SMILES string of the molecule is CCCN1CCCC(C(C)NCCCCCCSC)C1. The molecule has 0 bridgehead atoms. The first-order chi connectivity index (χ1) is 9.77. The van der Waals surface area contributed by atoms with Crippen LogP contribution in [0.4, 0.5) is 0 Å². The molecular formula is C17H36N2S. The Labute approximate surface area is 131 Å². The van der Waals surface area contributed by atoms with Gasteiger partial charge < -0.3 is 10.2 Å². The van der Waals surface area contributed by atoms with Crippen LogP contribution in [-0.2, 0) is 0 Å². The second-order valence-electron chi connectivity index (χ2n) is 6.35. The fraction of sp³-hybridized carbons (Fsp3) is 1.00. The maximum Gasteiger partial charge on any atom is 0.00792 e. The smallest absolute Gasteiger partial charge is 0.00792 e. The van der Waals surface area contributed by atoms with Crippen LogP contribution in [0.2, 0.25) is 0 Å². The highest BCUT2D eigenvalue weighted by Gasteiger charge is 2.23. The van der Waals surface area contributed by atoms with Crippen molar-refractivity contribution >= 4 is 11.8 Å². The zero-order chi connectivity index (χ0) is 14.6.